The van der Waals surface area contributed by atoms with Crippen molar-refractivity contribution in [3.05, 3.63) is 29.8 Å². The highest BCUT2D eigenvalue weighted by Crippen LogP contribution is 2.11. The zero-order chi connectivity index (χ0) is 16.3. The van der Waals surface area contributed by atoms with Gasteiger partial charge in [0.2, 0.25) is 0 Å². The number of benzene rings is 1. The third-order valence-electron chi connectivity index (χ3n) is 4.10. The van der Waals surface area contributed by atoms with E-state index in [-0.39, 0.29) is 6.03 Å². The van der Waals surface area contributed by atoms with Crippen LogP contribution in [0.25, 0.3) is 0 Å². The Hall–Kier alpha value is -1.59. The molecule has 0 bridgehead atoms. The van der Waals surface area contributed by atoms with Crippen LogP contribution in [0.5, 0.6) is 0 Å². The van der Waals surface area contributed by atoms with E-state index in [2.05, 4.69) is 34.6 Å². The first kappa shape index (κ1) is 17.8. The van der Waals surface area contributed by atoms with E-state index in [0.29, 0.717) is 0 Å². The van der Waals surface area contributed by atoms with Crippen molar-refractivity contribution in [2.45, 2.75) is 32.6 Å². The summed E-state index contributed by atoms with van der Waals surface area (Å²) >= 11 is 0. The SMILES string of the molecule is CCCCCNC(=O)Nc1ccc(CCN2CCOCC2)cc1. The number of hydrogen-bond acceptors (Lipinski definition) is 3. The van der Waals surface area contributed by atoms with Crippen LogP contribution in [0.2, 0.25) is 0 Å². The number of ether oxygens (including phenoxy) is 1. The number of anilines is 1. The second-order valence-corrected chi connectivity index (χ2v) is 5.99. The van der Waals surface area contributed by atoms with Gasteiger partial charge in [-0.2, -0.15) is 0 Å². The lowest BCUT2D eigenvalue weighted by Crippen LogP contribution is -2.37. The lowest BCUT2D eigenvalue weighted by molar-refractivity contribution is 0.0384. The molecule has 5 heteroatoms. The van der Waals surface area contributed by atoms with Gasteiger partial charge in [0.15, 0.2) is 0 Å². The highest BCUT2D eigenvalue weighted by Gasteiger charge is 2.09. The number of carbonyl (C=O) groups excluding carboxylic acids is 1. The number of rotatable bonds is 8. The molecule has 2 amide bonds. The summed E-state index contributed by atoms with van der Waals surface area (Å²) in [4.78, 5) is 14.2. The summed E-state index contributed by atoms with van der Waals surface area (Å²) < 4.78 is 5.36. The lowest BCUT2D eigenvalue weighted by atomic mass is 10.1. The number of hydrogen-bond donors (Lipinski definition) is 2. The number of nitrogens with zero attached hydrogens (tertiary/aromatic N) is 1. The Morgan fingerprint density at radius 1 is 1.17 bits per heavy atom. The summed E-state index contributed by atoms with van der Waals surface area (Å²) in [7, 11) is 0. The standard InChI is InChI=1S/C18H29N3O2/c1-2-3-4-10-19-18(22)20-17-7-5-16(6-8-17)9-11-21-12-14-23-15-13-21/h5-8H,2-4,9-15H2,1H3,(H2,19,20,22). The minimum atomic E-state index is -0.123. The first-order chi connectivity index (χ1) is 11.3. The Morgan fingerprint density at radius 2 is 1.91 bits per heavy atom. The zero-order valence-electron chi connectivity index (χ0n) is 14.1. The quantitative estimate of drug-likeness (QED) is 0.725. The smallest absolute Gasteiger partial charge is 0.319 e. The predicted octanol–water partition coefficient (Wildman–Crippen LogP) is 2.87. The van der Waals surface area contributed by atoms with Gasteiger partial charge in [0, 0.05) is 31.9 Å². The lowest BCUT2D eigenvalue weighted by Gasteiger charge is -2.26. The van der Waals surface area contributed by atoms with Crippen LogP contribution in [0, 0.1) is 0 Å². The molecule has 0 aliphatic carbocycles. The largest absolute Gasteiger partial charge is 0.379 e. The van der Waals surface area contributed by atoms with Crippen molar-refractivity contribution in [3.8, 4) is 0 Å². The molecule has 0 unspecified atom stereocenters. The number of unbranched alkanes of at least 4 members (excludes halogenated alkanes) is 2. The molecule has 1 saturated heterocycles. The molecule has 0 radical (unpaired) electrons. The summed E-state index contributed by atoms with van der Waals surface area (Å²) in [5.41, 5.74) is 2.14. The number of nitrogens with one attached hydrogen (secondary N) is 2. The minimum Gasteiger partial charge on any atom is -0.379 e. The van der Waals surface area contributed by atoms with E-state index in [1.807, 2.05) is 12.1 Å². The van der Waals surface area contributed by atoms with Crippen molar-refractivity contribution in [1.29, 1.82) is 0 Å². The van der Waals surface area contributed by atoms with Crippen LogP contribution in [-0.4, -0.2) is 50.3 Å². The molecule has 5 nitrogen and oxygen atoms in total. The van der Waals surface area contributed by atoms with Crippen LogP contribution in [-0.2, 0) is 11.2 Å². The molecule has 1 aliphatic rings. The minimum absolute atomic E-state index is 0.123. The maximum atomic E-state index is 11.8. The van der Waals surface area contributed by atoms with E-state index < -0.39 is 0 Å². The first-order valence-electron chi connectivity index (χ1n) is 8.72. The molecule has 1 heterocycles. The number of amides is 2. The van der Waals surface area contributed by atoms with Gasteiger partial charge in [0.25, 0.3) is 0 Å². The van der Waals surface area contributed by atoms with E-state index in [1.54, 1.807) is 0 Å². The summed E-state index contributed by atoms with van der Waals surface area (Å²) in [6.45, 7) is 7.69. The molecule has 1 fully saturated rings. The van der Waals surface area contributed by atoms with Gasteiger partial charge in [0.1, 0.15) is 0 Å². The fraction of sp³-hybridized carbons (Fsp3) is 0.611. The average Bonchev–Trinajstić information content (AvgIpc) is 2.59. The zero-order valence-corrected chi connectivity index (χ0v) is 14.1. The van der Waals surface area contributed by atoms with Crippen molar-refractivity contribution < 1.29 is 9.53 Å². The van der Waals surface area contributed by atoms with Crippen molar-refractivity contribution in [2.24, 2.45) is 0 Å². The van der Waals surface area contributed by atoms with E-state index in [9.17, 15) is 4.79 Å². The molecule has 0 aromatic heterocycles. The third-order valence-corrected chi connectivity index (χ3v) is 4.10. The van der Waals surface area contributed by atoms with Crippen LogP contribution in [0.15, 0.2) is 24.3 Å². The molecule has 0 atom stereocenters. The van der Waals surface area contributed by atoms with E-state index >= 15 is 0 Å². The van der Waals surface area contributed by atoms with Crippen LogP contribution in [0.3, 0.4) is 0 Å². The Bertz CT molecular complexity index is 456. The molecule has 1 aliphatic heterocycles. The highest BCUT2D eigenvalue weighted by molar-refractivity contribution is 5.89. The molecule has 2 rings (SSSR count). The molecule has 0 saturated carbocycles. The van der Waals surface area contributed by atoms with Gasteiger partial charge >= 0.3 is 6.03 Å². The van der Waals surface area contributed by atoms with Gasteiger partial charge < -0.3 is 15.4 Å². The predicted molar refractivity (Wildman–Crippen MR) is 94.0 cm³/mol. The third kappa shape index (κ3) is 7.01. The Labute approximate surface area is 139 Å². The van der Waals surface area contributed by atoms with Gasteiger partial charge in [-0.1, -0.05) is 31.9 Å². The van der Waals surface area contributed by atoms with Gasteiger partial charge in [-0.3, -0.25) is 4.90 Å². The molecular formula is C18H29N3O2. The number of carbonyl (C=O) groups is 1. The fourth-order valence-corrected chi connectivity index (χ4v) is 2.62. The van der Waals surface area contributed by atoms with E-state index in [4.69, 9.17) is 4.74 Å². The van der Waals surface area contributed by atoms with Crippen LogP contribution in [0.1, 0.15) is 31.7 Å². The summed E-state index contributed by atoms with van der Waals surface area (Å²) in [5, 5.41) is 5.75. The summed E-state index contributed by atoms with van der Waals surface area (Å²) in [5.74, 6) is 0. The van der Waals surface area contributed by atoms with Crippen LogP contribution in [0.4, 0.5) is 10.5 Å². The molecular weight excluding hydrogens is 290 g/mol. The molecule has 1 aromatic carbocycles. The summed E-state index contributed by atoms with van der Waals surface area (Å²) in [6.07, 6.45) is 4.38. The van der Waals surface area contributed by atoms with Gasteiger partial charge in [-0.15, -0.1) is 0 Å². The van der Waals surface area contributed by atoms with Gasteiger partial charge in [-0.25, -0.2) is 4.79 Å². The Balaban J connectivity index is 1.68. The van der Waals surface area contributed by atoms with Gasteiger partial charge in [0.05, 0.1) is 13.2 Å². The maximum Gasteiger partial charge on any atom is 0.319 e. The second-order valence-electron chi connectivity index (χ2n) is 5.99. The average molecular weight is 319 g/mol. The first-order valence-corrected chi connectivity index (χ1v) is 8.72. The molecule has 23 heavy (non-hydrogen) atoms. The molecule has 1 aromatic rings. The highest BCUT2D eigenvalue weighted by atomic mass is 16.5. The molecule has 0 spiro atoms. The van der Waals surface area contributed by atoms with Crippen molar-refractivity contribution in [2.75, 3.05) is 44.7 Å². The topological polar surface area (TPSA) is 53.6 Å². The van der Waals surface area contributed by atoms with Crippen molar-refractivity contribution in [1.82, 2.24) is 10.2 Å². The second kappa shape index (κ2) is 10.2. The monoisotopic (exact) mass is 319 g/mol. The normalized spacial score (nSPS) is 15.3. The van der Waals surface area contributed by atoms with Crippen LogP contribution < -0.4 is 10.6 Å². The molecule has 128 valence electrons. The van der Waals surface area contributed by atoms with Crippen molar-refractivity contribution in [3.63, 3.8) is 0 Å². The Morgan fingerprint density at radius 3 is 2.61 bits per heavy atom. The van der Waals surface area contributed by atoms with E-state index in [0.717, 1.165) is 70.8 Å². The maximum absolute atomic E-state index is 11.8. The molecule has 2 N–H and O–H groups in total. The number of urea groups is 1. The summed E-state index contributed by atoms with van der Waals surface area (Å²) in [6, 6.07) is 8.00. The van der Waals surface area contributed by atoms with Crippen molar-refractivity contribution >= 4 is 11.7 Å². The Kier molecular flexibility index (Phi) is 7.90. The van der Waals surface area contributed by atoms with E-state index in [1.165, 1.54) is 5.56 Å². The number of morpholine rings is 1. The van der Waals surface area contributed by atoms with Gasteiger partial charge in [-0.05, 0) is 30.5 Å². The van der Waals surface area contributed by atoms with Crippen LogP contribution >= 0.6 is 0 Å². The fourth-order valence-electron chi connectivity index (χ4n) is 2.62.